The molecular weight excluding hydrogens is 756 g/mol. The number of rotatable bonds is 4. The van der Waals surface area contributed by atoms with E-state index in [1.807, 2.05) is 90.4 Å². The Morgan fingerprint density at radius 3 is 1.13 bits per heavy atom. The summed E-state index contributed by atoms with van der Waals surface area (Å²) in [5.74, 6) is -1.45. The molecule has 0 bridgehead atoms. The van der Waals surface area contributed by atoms with E-state index in [4.69, 9.17) is 10.2 Å². The van der Waals surface area contributed by atoms with Gasteiger partial charge < -0.3 is 10.2 Å². The zero-order chi connectivity index (χ0) is 11.7. The maximum absolute atomic E-state index is 9.92. The zero-order valence-electron chi connectivity index (χ0n) is 7.50. The van der Waals surface area contributed by atoms with Gasteiger partial charge in [-0.2, -0.15) is 0 Å². The van der Waals surface area contributed by atoms with Crippen molar-refractivity contribution >= 4 is 102 Å². The SMILES string of the molecule is O=C(O)C(I)CI.O=C(O)C(I)CI.[Cd]. The summed E-state index contributed by atoms with van der Waals surface area (Å²) in [4.78, 5) is 19.8. The standard InChI is InChI=1S/2C3H4I2O2.Cd/c2*4-1-2(5)3(6)7;/h2*2H,1H2,(H,6,7);. The van der Waals surface area contributed by atoms with Gasteiger partial charge in [-0.1, -0.05) is 90.4 Å². The second-order valence-electron chi connectivity index (χ2n) is 1.92. The molecule has 0 radical (unpaired) electrons. The van der Waals surface area contributed by atoms with Crippen LogP contribution in [0.3, 0.4) is 0 Å². The first-order valence-electron chi connectivity index (χ1n) is 3.22. The molecule has 2 atom stereocenters. The summed E-state index contributed by atoms with van der Waals surface area (Å²) in [6.07, 6.45) is 0. The Bertz CT molecular complexity index is 172. The summed E-state index contributed by atoms with van der Waals surface area (Å²) in [5, 5.41) is 16.3. The Kier molecular flexibility index (Phi) is 22.7. The van der Waals surface area contributed by atoms with Gasteiger partial charge in [-0.05, 0) is 0 Å². The van der Waals surface area contributed by atoms with Crippen molar-refractivity contribution in [1.29, 1.82) is 0 Å². The Labute approximate surface area is 163 Å². The van der Waals surface area contributed by atoms with Crippen molar-refractivity contribution in [2.24, 2.45) is 0 Å². The predicted molar refractivity (Wildman–Crippen MR) is 88.7 cm³/mol. The molecule has 86 valence electrons. The molecule has 0 aliphatic heterocycles. The van der Waals surface area contributed by atoms with E-state index < -0.39 is 11.9 Å². The normalized spacial score (nSPS) is 12.5. The van der Waals surface area contributed by atoms with E-state index in [1.165, 1.54) is 0 Å². The molecule has 9 heteroatoms. The first-order valence-corrected chi connectivity index (χ1v) is 8.76. The van der Waals surface area contributed by atoms with E-state index >= 15 is 0 Å². The van der Waals surface area contributed by atoms with Gasteiger partial charge >= 0.3 is 11.9 Å². The number of alkyl halides is 4. The quantitative estimate of drug-likeness (QED) is 0.263. The van der Waals surface area contributed by atoms with Crippen LogP contribution >= 0.6 is 90.4 Å². The molecule has 0 aliphatic rings. The largest absolute Gasteiger partial charge is 0.480 e. The Hall–Kier alpha value is 2.78. The molecule has 0 aromatic heterocycles. The summed E-state index contributed by atoms with van der Waals surface area (Å²) in [7, 11) is 0. The molecule has 0 aromatic rings. The van der Waals surface area contributed by atoms with Gasteiger partial charge in [0.25, 0.3) is 0 Å². The van der Waals surface area contributed by atoms with Crippen LogP contribution in [0.4, 0.5) is 0 Å². The maximum atomic E-state index is 9.92. The second-order valence-corrected chi connectivity index (χ2v) is 6.69. The third kappa shape index (κ3) is 16.8. The number of halogens is 4. The molecule has 2 N–H and O–H groups in total. The average molecular weight is 764 g/mol. The molecule has 0 heterocycles. The summed E-state index contributed by atoms with van der Waals surface area (Å²) >= 11 is 7.86. The fourth-order valence-electron chi connectivity index (χ4n) is 0.132. The van der Waals surface area contributed by atoms with Crippen LogP contribution in [0.15, 0.2) is 0 Å². The van der Waals surface area contributed by atoms with Gasteiger partial charge in [0.15, 0.2) is 0 Å². The van der Waals surface area contributed by atoms with Gasteiger partial charge in [0.1, 0.15) is 7.85 Å². The molecule has 15 heavy (non-hydrogen) atoms. The number of carboxylic acid groups (broad SMARTS) is 2. The topological polar surface area (TPSA) is 74.6 Å². The van der Waals surface area contributed by atoms with Crippen LogP contribution in [0.25, 0.3) is 0 Å². The zero-order valence-corrected chi connectivity index (χ0v) is 20.2. The Morgan fingerprint density at radius 2 is 1.13 bits per heavy atom. The first kappa shape index (κ1) is 22.9. The number of carbonyl (C=O) groups is 2. The van der Waals surface area contributed by atoms with Gasteiger partial charge in [0, 0.05) is 36.2 Å². The third-order valence-corrected chi connectivity index (χ3v) is 7.89. The molecule has 0 aliphatic carbocycles. The van der Waals surface area contributed by atoms with Crippen molar-refractivity contribution in [1.82, 2.24) is 0 Å². The molecule has 0 amide bonds. The number of carboxylic acids is 2. The van der Waals surface area contributed by atoms with Crippen molar-refractivity contribution in [3.8, 4) is 0 Å². The van der Waals surface area contributed by atoms with Crippen molar-refractivity contribution in [3.05, 3.63) is 0 Å². The van der Waals surface area contributed by atoms with E-state index in [9.17, 15) is 9.59 Å². The first-order chi connectivity index (χ1) is 6.36. The summed E-state index contributed by atoms with van der Waals surface area (Å²) in [6, 6.07) is 0. The van der Waals surface area contributed by atoms with E-state index in [0.29, 0.717) is 8.86 Å². The van der Waals surface area contributed by atoms with Crippen molar-refractivity contribution < 1.29 is 47.1 Å². The summed E-state index contributed by atoms with van der Waals surface area (Å²) in [6.45, 7) is 0. The van der Waals surface area contributed by atoms with Crippen molar-refractivity contribution in [3.63, 3.8) is 0 Å². The predicted octanol–water partition coefficient (Wildman–Crippen LogP) is 2.62. The fourth-order valence-corrected chi connectivity index (χ4v) is 0.885. The van der Waals surface area contributed by atoms with Crippen LogP contribution in [0, 0.1) is 0 Å². The Balaban J connectivity index is -0.000000180. The molecule has 0 saturated carbocycles. The molecular formula is C6H8CdI4O4. The summed E-state index contributed by atoms with van der Waals surface area (Å²) < 4.78 is 0.901. The van der Waals surface area contributed by atoms with Crippen LogP contribution in [0.2, 0.25) is 0 Å². The molecule has 2 unspecified atom stereocenters. The van der Waals surface area contributed by atoms with Crippen molar-refractivity contribution in [2.45, 2.75) is 7.85 Å². The minimum atomic E-state index is -0.727. The van der Waals surface area contributed by atoms with E-state index in [2.05, 4.69) is 0 Å². The van der Waals surface area contributed by atoms with Crippen LogP contribution in [-0.4, -0.2) is 38.9 Å². The molecule has 0 fully saturated rings. The third-order valence-electron chi connectivity index (χ3n) is 0.807. The van der Waals surface area contributed by atoms with E-state index in [1.54, 1.807) is 0 Å². The van der Waals surface area contributed by atoms with Crippen LogP contribution in [-0.2, 0) is 36.9 Å². The number of hydrogen-bond donors (Lipinski definition) is 2. The molecule has 0 spiro atoms. The van der Waals surface area contributed by atoms with Gasteiger partial charge in [-0.3, -0.25) is 9.59 Å². The maximum Gasteiger partial charge on any atom is 0.317 e. The van der Waals surface area contributed by atoms with E-state index in [0.717, 1.165) is 0 Å². The molecule has 4 nitrogen and oxygen atoms in total. The van der Waals surface area contributed by atoms with Crippen LogP contribution in [0.5, 0.6) is 0 Å². The monoisotopic (exact) mass is 766 g/mol. The van der Waals surface area contributed by atoms with Gasteiger partial charge in [-0.25, -0.2) is 0 Å². The minimum absolute atomic E-state index is 0. The van der Waals surface area contributed by atoms with E-state index in [-0.39, 0.29) is 35.1 Å². The summed E-state index contributed by atoms with van der Waals surface area (Å²) in [5.41, 5.74) is 0. The van der Waals surface area contributed by atoms with Crippen molar-refractivity contribution in [2.75, 3.05) is 8.86 Å². The van der Waals surface area contributed by atoms with Gasteiger partial charge in [0.05, 0.1) is 0 Å². The number of aliphatic carboxylic acids is 2. The minimum Gasteiger partial charge on any atom is -0.480 e. The van der Waals surface area contributed by atoms with Crippen LogP contribution < -0.4 is 0 Å². The van der Waals surface area contributed by atoms with Crippen LogP contribution in [0.1, 0.15) is 0 Å². The Morgan fingerprint density at radius 1 is 0.933 bits per heavy atom. The van der Waals surface area contributed by atoms with Gasteiger partial charge in [-0.15, -0.1) is 0 Å². The van der Waals surface area contributed by atoms with Gasteiger partial charge in [0.2, 0.25) is 0 Å². The second kappa shape index (κ2) is 14.8. The fraction of sp³-hybridized carbons (Fsp3) is 0.667. The molecule has 0 saturated heterocycles. The number of hydrogen-bond acceptors (Lipinski definition) is 2. The molecule has 0 aromatic carbocycles. The average Bonchev–Trinajstić information content (AvgIpc) is 2.15. The smallest absolute Gasteiger partial charge is 0.317 e. The molecule has 0 rings (SSSR count).